The Hall–Kier alpha value is -2.53. The third-order valence-electron chi connectivity index (χ3n) is 3.47. The van der Waals surface area contributed by atoms with E-state index in [-0.39, 0.29) is 12.5 Å². The summed E-state index contributed by atoms with van der Waals surface area (Å²) in [5.74, 6) is 1.95. The van der Waals surface area contributed by atoms with E-state index >= 15 is 0 Å². The quantitative estimate of drug-likeness (QED) is 0.733. The van der Waals surface area contributed by atoms with Crippen LogP contribution in [0.1, 0.15) is 19.4 Å². The Morgan fingerprint density at radius 1 is 1.08 bits per heavy atom. The molecular formula is C20H26N2O3. The summed E-state index contributed by atoms with van der Waals surface area (Å²) in [5, 5.41) is 6.00. The zero-order chi connectivity index (χ0) is 18.1. The van der Waals surface area contributed by atoms with Gasteiger partial charge in [-0.1, -0.05) is 32.0 Å². The van der Waals surface area contributed by atoms with Gasteiger partial charge < -0.3 is 20.1 Å². The maximum Gasteiger partial charge on any atom is 0.238 e. The van der Waals surface area contributed by atoms with Gasteiger partial charge in [-0.3, -0.25) is 4.79 Å². The Morgan fingerprint density at radius 3 is 2.52 bits per heavy atom. The second kappa shape index (κ2) is 9.69. The normalized spacial score (nSPS) is 10.6. The summed E-state index contributed by atoms with van der Waals surface area (Å²) in [4.78, 5) is 12.0. The summed E-state index contributed by atoms with van der Waals surface area (Å²) in [7, 11) is 1.64. The topological polar surface area (TPSA) is 59.6 Å². The molecule has 0 spiro atoms. The maximum absolute atomic E-state index is 12.0. The molecule has 0 aromatic heterocycles. The number of hydrogen-bond donors (Lipinski definition) is 2. The zero-order valence-electron chi connectivity index (χ0n) is 15.0. The smallest absolute Gasteiger partial charge is 0.238 e. The van der Waals surface area contributed by atoms with Crippen molar-refractivity contribution in [3.63, 3.8) is 0 Å². The highest BCUT2D eigenvalue weighted by atomic mass is 16.5. The lowest BCUT2D eigenvalue weighted by Gasteiger charge is -2.11. The Bertz CT molecular complexity index is 669. The van der Waals surface area contributed by atoms with Crippen molar-refractivity contribution in [2.75, 3.05) is 25.6 Å². The van der Waals surface area contributed by atoms with Gasteiger partial charge in [0.05, 0.1) is 20.3 Å². The minimum Gasteiger partial charge on any atom is -0.497 e. The van der Waals surface area contributed by atoms with Gasteiger partial charge in [-0.2, -0.15) is 0 Å². The van der Waals surface area contributed by atoms with Gasteiger partial charge in [-0.15, -0.1) is 0 Å². The number of hydrogen-bond acceptors (Lipinski definition) is 4. The van der Waals surface area contributed by atoms with E-state index in [1.54, 1.807) is 7.11 Å². The average molecular weight is 342 g/mol. The van der Waals surface area contributed by atoms with E-state index in [2.05, 4.69) is 24.5 Å². The molecule has 0 saturated heterocycles. The molecule has 5 heteroatoms. The van der Waals surface area contributed by atoms with Crippen LogP contribution in [0.3, 0.4) is 0 Å². The molecule has 0 fully saturated rings. The van der Waals surface area contributed by atoms with Gasteiger partial charge in [0, 0.05) is 18.3 Å². The molecule has 0 unspecified atom stereocenters. The minimum absolute atomic E-state index is 0.0884. The summed E-state index contributed by atoms with van der Waals surface area (Å²) in [6.45, 7) is 5.71. The van der Waals surface area contributed by atoms with Gasteiger partial charge in [-0.05, 0) is 35.7 Å². The molecule has 134 valence electrons. The number of anilines is 1. The van der Waals surface area contributed by atoms with Crippen LogP contribution in [0.2, 0.25) is 0 Å². The van der Waals surface area contributed by atoms with Crippen LogP contribution in [-0.2, 0) is 11.3 Å². The van der Waals surface area contributed by atoms with Crippen molar-refractivity contribution in [1.82, 2.24) is 5.32 Å². The number of ether oxygens (including phenoxy) is 2. The van der Waals surface area contributed by atoms with Crippen molar-refractivity contribution in [3.8, 4) is 11.5 Å². The molecule has 0 aliphatic rings. The van der Waals surface area contributed by atoms with Crippen molar-refractivity contribution < 1.29 is 14.3 Å². The molecule has 2 N–H and O–H groups in total. The van der Waals surface area contributed by atoms with Gasteiger partial charge in [-0.25, -0.2) is 0 Å². The fourth-order valence-electron chi connectivity index (χ4n) is 2.20. The van der Waals surface area contributed by atoms with Crippen LogP contribution in [0, 0.1) is 5.92 Å². The van der Waals surface area contributed by atoms with Crippen LogP contribution < -0.4 is 20.1 Å². The molecule has 25 heavy (non-hydrogen) atoms. The summed E-state index contributed by atoms with van der Waals surface area (Å²) < 4.78 is 10.8. The minimum atomic E-state index is -0.0884. The fraction of sp³-hybridized carbons (Fsp3) is 0.350. The van der Waals surface area contributed by atoms with Crippen LogP contribution >= 0.6 is 0 Å². The molecule has 0 radical (unpaired) electrons. The molecule has 0 heterocycles. The van der Waals surface area contributed by atoms with Crippen molar-refractivity contribution >= 4 is 11.6 Å². The molecule has 0 saturated carbocycles. The van der Waals surface area contributed by atoms with Crippen LogP contribution in [0.4, 0.5) is 5.69 Å². The lowest BCUT2D eigenvalue weighted by molar-refractivity contribution is -0.115. The van der Waals surface area contributed by atoms with E-state index in [0.717, 1.165) is 22.7 Å². The second-order valence-electron chi connectivity index (χ2n) is 6.23. The number of amides is 1. The van der Waals surface area contributed by atoms with Crippen LogP contribution in [0.5, 0.6) is 11.5 Å². The maximum atomic E-state index is 12.0. The van der Waals surface area contributed by atoms with E-state index in [1.165, 1.54) is 0 Å². The van der Waals surface area contributed by atoms with Gasteiger partial charge in [0.25, 0.3) is 0 Å². The van der Waals surface area contributed by atoms with Crippen LogP contribution in [0.25, 0.3) is 0 Å². The third kappa shape index (κ3) is 6.85. The number of nitrogens with one attached hydrogen (secondary N) is 2. The van der Waals surface area contributed by atoms with E-state index < -0.39 is 0 Å². The van der Waals surface area contributed by atoms with Crippen molar-refractivity contribution in [2.24, 2.45) is 5.92 Å². The van der Waals surface area contributed by atoms with E-state index in [4.69, 9.17) is 9.47 Å². The Balaban J connectivity index is 1.76. The Morgan fingerprint density at radius 2 is 1.84 bits per heavy atom. The van der Waals surface area contributed by atoms with E-state index in [9.17, 15) is 4.79 Å². The van der Waals surface area contributed by atoms with Crippen molar-refractivity contribution in [3.05, 3.63) is 54.1 Å². The summed E-state index contributed by atoms with van der Waals surface area (Å²) in [6.07, 6.45) is 0. The highest BCUT2D eigenvalue weighted by molar-refractivity contribution is 5.92. The first-order chi connectivity index (χ1) is 12.1. The lowest BCUT2D eigenvalue weighted by atomic mass is 10.2. The standard InChI is InChI=1S/C20H26N2O3/c1-15(2)14-25-19-6-4-5-17(11-19)22-20(23)13-21-12-16-7-9-18(24-3)10-8-16/h4-11,15,21H,12-14H2,1-3H3,(H,22,23). The Kier molecular flexibility index (Phi) is 7.29. The predicted octanol–water partition coefficient (Wildman–Crippen LogP) is 3.46. The number of benzene rings is 2. The van der Waals surface area contributed by atoms with Crippen molar-refractivity contribution in [2.45, 2.75) is 20.4 Å². The van der Waals surface area contributed by atoms with Crippen molar-refractivity contribution in [1.29, 1.82) is 0 Å². The largest absolute Gasteiger partial charge is 0.497 e. The highest BCUT2D eigenvalue weighted by Gasteiger charge is 2.04. The first kappa shape index (κ1) is 18.8. The third-order valence-corrected chi connectivity index (χ3v) is 3.47. The molecular weight excluding hydrogens is 316 g/mol. The molecule has 2 aromatic rings. The zero-order valence-corrected chi connectivity index (χ0v) is 15.0. The molecule has 1 amide bonds. The molecule has 5 nitrogen and oxygen atoms in total. The molecule has 2 aromatic carbocycles. The number of carbonyl (C=O) groups excluding carboxylic acids is 1. The monoisotopic (exact) mass is 342 g/mol. The Labute approximate surface area is 149 Å². The molecule has 0 aliphatic heterocycles. The van der Waals surface area contributed by atoms with E-state index in [0.29, 0.717) is 19.1 Å². The number of carbonyl (C=O) groups is 1. The fourth-order valence-corrected chi connectivity index (χ4v) is 2.20. The van der Waals surface area contributed by atoms with Gasteiger partial charge in [0.2, 0.25) is 5.91 Å². The lowest BCUT2D eigenvalue weighted by Crippen LogP contribution is -2.27. The second-order valence-corrected chi connectivity index (χ2v) is 6.23. The van der Waals surface area contributed by atoms with Crippen LogP contribution in [0.15, 0.2) is 48.5 Å². The summed E-state index contributed by atoms with van der Waals surface area (Å²) in [5.41, 5.74) is 1.83. The molecule has 2 rings (SSSR count). The van der Waals surface area contributed by atoms with Gasteiger partial charge in [0.15, 0.2) is 0 Å². The van der Waals surface area contributed by atoms with Gasteiger partial charge in [0.1, 0.15) is 11.5 Å². The first-order valence-electron chi connectivity index (χ1n) is 8.43. The summed E-state index contributed by atoms with van der Waals surface area (Å²) >= 11 is 0. The summed E-state index contributed by atoms with van der Waals surface area (Å²) in [6, 6.07) is 15.2. The van der Waals surface area contributed by atoms with Crippen LogP contribution in [-0.4, -0.2) is 26.2 Å². The average Bonchev–Trinajstić information content (AvgIpc) is 2.61. The molecule has 0 aliphatic carbocycles. The first-order valence-corrected chi connectivity index (χ1v) is 8.43. The number of rotatable bonds is 9. The van der Waals surface area contributed by atoms with Gasteiger partial charge >= 0.3 is 0 Å². The predicted molar refractivity (Wildman–Crippen MR) is 100 cm³/mol. The molecule has 0 bridgehead atoms. The van der Waals surface area contributed by atoms with E-state index in [1.807, 2.05) is 48.5 Å². The molecule has 0 atom stereocenters. The highest BCUT2D eigenvalue weighted by Crippen LogP contribution is 2.18. The number of methoxy groups -OCH3 is 1. The SMILES string of the molecule is COc1ccc(CNCC(=O)Nc2cccc(OCC(C)C)c2)cc1.